The number of benzene rings is 1. The van der Waals surface area contributed by atoms with Crippen molar-refractivity contribution in [2.24, 2.45) is 0 Å². The Hall–Kier alpha value is -2.51. The van der Waals surface area contributed by atoms with Crippen molar-refractivity contribution in [3.05, 3.63) is 58.0 Å². The highest BCUT2D eigenvalue weighted by molar-refractivity contribution is 7.87. The van der Waals surface area contributed by atoms with Crippen molar-refractivity contribution in [2.45, 2.75) is 18.8 Å². The molecule has 1 aromatic heterocycles. The minimum absolute atomic E-state index is 0.00487. The molecule has 0 radical (unpaired) electrons. The van der Waals surface area contributed by atoms with Gasteiger partial charge in [-0.1, -0.05) is 12.1 Å². The van der Waals surface area contributed by atoms with Gasteiger partial charge in [-0.3, -0.25) is 9.59 Å². The van der Waals surface area contributed by atoms with Crippen molar-refractivity contribution in [1.82, 2.24) is 14.3 Å². The molecule has 1 heterocycles. The van der Waals surface area contributed by atoms with Crippen LogP contribution in [0.25, 0.3) is 0 Å². The summed E-state index contributed by atoms with van der Waals surface area (Å²) in [4.78, 5) is 24.1. The van der Waals surface area contributed by atoms with Gasteiger partial charge in [0.15, 0.2) is 0 Å². The lowest BCUT2D eigenvalue weighted by atomic mass is 10.2. The SMILES string of the molecule is CN(C(CC(F)(F)F)NC(=O)c1ccccc1F)S(=O)(=O)NC(=O)c1ccsc1. The Morgan fingerprint density at radius 2 is 1.83 bits per heavy atom. The molecule has 1 atom stereocenters. The van der Waals surface area contributed by atoms with E-state index in [1.165, 1.54) is 29.0 Å². The fourth-order valence-electron chi connectivity index (χ4n) is 2.17. The normalized spacial score (nSPS) is 13.2. The van der Waals surface area contributed by atoms with Gasteiger partial charge in [0.1, 0.15) is 12.0 Å². The lowest BCUT2D eigenvalue weighted by Gasteiger charge is -2.28. The number of carbonyl (C=O) groups is 2. The average Bonchev–Trinajstić information content (AvgIpc) is 3.14. The highest BCUT2D eigenvalue weighted by atomic mass is 32.2. The molecule has 0 spiro atoms. The van der Waals surface area contributed by atoms with Gasteiger partial charge < -0.3 is 5.32 Å². The zero-order valence-corrected chi connectivity index (χ0v) is 16.4. The van der Waals surface area contributed by atoms with Crippen LogP contribution in [0.5, 0.6) is 0 Å². The molecule has 0 bridgehead atoms. The van der Waals surface area contributed by atoms with Crippen molar-refractivity contribution < 1.29 is 35.6 Å². The van der Waals surface area contributed by atoms with Crippen molar-refractivity contribution in [1.29, 1.82) is 0 Å². The molecule has 0 saturated carbocycles. The van der Waals surface area contributed by atoms with E-state index in [4.69, 9.17) is 0 Å². The van der Waals surface area contributed by atoms with Gasteiger partial charge in [0.25, 0.3) is 11.8 Å². The van der Waals surface area contributed by atoms with E-state index < -0.39 is 52.2 Å². The van der Waals surface area contributed by atoms with Crippen LogP contribution in [-0.4, -0.2) is 43.9 Å². The molecule has 158 valence electrons. The van der Waals surface area contributed by atoms with Gasteiger partial charge in [-0.25, -0.2) is 9.11 Å². The summed E-state index contributed by atoms with van der Waals surface area (Å²) >= 11 is 1.11. The Labute approximate surface area is 167 Å². The number of nitrogens with zero attached hydrogens (tertiary/aromatic N) is 1. The monoisotopic (exact) mass is 453 g/mol. The molecule has 29 heavy (non-hydrogen) atoms. The third-order valence-corrected chi connectivity index (χ3v) is 5.80. The quantitative estimate of drug-likeness (QED) is 0.498. The van der Waals surface area contributed by atoms with Crippen LogP contribution in [0.3, 0.4) is 0 Å². The van der Waals surface area contributed by atoms with Crippen molar-refractivity contribution >= 4 is 33.4 Å². The molecule has 0 aliphatic heterocycles. The standard InChI is InChI=1S/C16H15F4N3O4S2/c1-23(29(26,27)22-14(24)10-6-7-28-9-10)13(8-16(18,19)20)21-15(25)11-4-2-3-5-12(11)17/h2-7,9,13H,8H2,1H3,(H,21,25)(H,22,24). The first-order valence-electron chi connectivity index (χ1n) is 7.85. The molecular formula is C16H15F4N3O4S2. The fraction of sp³-hybridized carbons (Fsp3) is 0.250. The minimum Gasteiger partial charge on any atom is -0.335 e. The smallest absolute Gasteiger partial charge is 0.335 e. The number of rotatable bonds is 7. The average molecular weight is 453 g/mol. The lowest BCUT2D eigenvalue weighted by molar-refractivity contribution is -0.144. The van der Waals surface area contributed by atoms with Crippen LogP contribution >= 0.6 is 11.3 Å². The Kier molecular flexibility index (Phi) is 6.97. The van der Waals surface area contributed by atoms with Gasteiger partial charge in [-0.2, -0.15) is 37.2 Å². The minimum atomic E-state index is -4.87. The highest BCUT2D eigenvalue weighted by Gasteiger charge is 2.39. The van der Waals surface area contributed by atoms with Gasteiger partial charge in [-0.15, -0.1) is 0 Å². The summed E-state index contributed by atoms with van der Waals surface area (Å²) in [6.07, 6.45) is -8.76. The maximum Gasteiger partial charge on any atom is 0.392 e. The highest BCUT2D eigenvalue weighted by Crippen LogP contribution is 2.24. The summed E-state index contributed by atoms with van der Waals surface area (Å²) in [6, 6.07) is 5.84. The first kappa shape index (κ1) is 22.8. The summed E-state index contributed by atoms with van der Waals surface area (Å²) in [5, 5.41) is 4.69. The summed E-state index contributed by atoms with van der Waals surface area (Å²) < 4.78 is 79.0. The second-order valence-electron chi connectivity index (χ2n) is 5.75. The molecule has 0 saturated heterocycles. The molecule has 0 fully saturated rings. The molecule has 2 rings (SSSR count). The maximum atomic E-state index is 13.7. The van der Waals surface area contributed by atoms with Crippen LogP contribution < -0.4 is 10.0 Å². The van der Waals surface area contributed by atoms with Gasteiger partial charge in [0.05, 0.1) is 17.5 Å². The third-order valence-electron chi connectivity index (χ3n) is 3.66. The maximum absolute atomic E-state index is 13.7. The number of nitrogens with one attached hydrogen (secondary N) is 2. The van der Waals surface area contributed by atoms with Crippen molar-refractivity contribution in [3.8, 4) is 0 Å². The molecule has 2 N–H and O–H groups in total. The number of hydrogen-bond acceptors (Lipinski definition) is 5. The first-order chi connectivity index (χ1) is 13.4. The predicted molar refractivity (Wildman–Crippen MR) is 96.8 cm³/mol. The lowest BCUT2D eigenvalue weighted by Crippen LogP contribution is -2.54. The summed E-state index contributed by atoms with van der Waals surface area (Å²) in [6.45, 7) is 0. The van der Waals surface area contributed by atoms with E-state index in [0.29, 0.717) is 0 Å². The number of hydrogen-bond donors (Lipinski definition) is 2. The van der Waals surface area contributed by atoms with E-state index >= 15 is 0 Å². The molecule has 1 aromatic carbocycles. The zero-order valence-electron chi connectivity index (χ0n) is 14.7. The topological polar surface area (TPSA) is 95.6 Å². The Morgan fingerprint density at radius 3 is 2.38 bits per heavy atom. The summed E-state index contributed by atoms with van der Waals surface area (Å²) in [5.41, 5.74) is -0.567. The first-order valence-corrected chi connectivity index (χ1v) is 10.2. The van der Waals surface area contributed by atoms with E-state index in [1.807, 2.05) is 5.32 Å². The molecule has 0 aliphatic rings. The number of halogens is 4. The van der Waals surface area contributed by atoms with Gasteiger partial charge in [0.2, 0.25) is 0 Å². The number of alkyl halides is 3. The molecule has 2 amide bonds. The number of amides is 2. The van der Waals surface area contributed by atoms with Crippen LogP contribution in [0.2, 0.25) is 0 Å². The molecule has 0 aliphatic carbocycles. The van der Waals surface area contributed by atoms with Crippen molar-refractivity contribution in [2.75, 3.05) is 7.05 Å². The Bertz CT molecular complexity index is 978. The van der Waals surface area contributed by atoms with E-state index in [1.54, 1.807) is 4.72 Å². The zero-order chi connectivity index (χ0) is 21.8. The molecule has 1 unspecified atom stereocenters. The molecule has 2 aromatic rings. The van der Waals surface area contributed by atoms with E-state index in [0.717, 1.165) is 30.5 Å². The van der Waals surface area contributed by atoms with E-state index in [2.05, 4.69) is 0 Å². The van der Waals surface area contributed by atoms with E-state index in [9.17, 15) is 35.6 Å². The molecule has 13 heteroatoms. The van der Waals surface area contributed by atoms with E-state index in [-0.39, 0.29) is 9.87 Å². The Balaban J connectivity index is 2.24. The van der Waals surface area contributed by atoms with Gasteiger partial charge in [0, 0.05) is 12.4 Å². The number of carbonyl (C=O) groups excluding carboxylic acids is 2. The summed E-state index contributed by atoms with van der Waals surface area (Å²) in [5.74, 6) is -3.29. The second-order valence-corrected chi connectivity index (χ2v) is 8.26. The van der Waals surface area contributed by atoms with Crippen molar-refractivity contribution in [3.63, 3.8) is 0 Å². The molecular weight excluding hydrogens is 438 g/mol. The van der Waals surface area contributed by atoms with Gasteiger partial charge in [-0.05, 0) is 23.6 Å². The van der Waals surface area contributed by atoms with Crippen LogP contribution in [0.4, 0.5) is 17.6 Å². The second kappa shape index (κ2) is 8.88. The van der Waals surface area contributed by atoms with Crippen LogP contribution in [-0.2, 0) is 10.2 Å². The van der Waals surface area contributed by atoms with Crippen LogP contribution in [0, 0.1) is 5.82 Å². The molecule has 7 nitrogen and oxygen atoms in total. The third kappa shape index (κ3) is 6.24. The Morgan fingerprint density at radius 1 is 1.17 bits per heavy atom. The van der Waals surface area contributed by atoms with Gasteiger partial charge >= 0.3 is 16.4 Å². The van der Waals surface area contributed by atoms with Crippen LogP contribution in [0.15, 0.2) is 41.1 Å². The van der Waals surface area contributed by atoms with Crippen LogP contribution in [0.1, 0.15) is 27.1 Å². The summed E-state index contributed by atoms with van der Waals surface area (Å²) in [7, 11) is -4.01. The number of thiophene rings is 1. The predicted octanol–water partition coefficient (Wildman–Crippen LogP) is 2.50. The largest absolute Gasteiger partial charge is 0.392 e. The fourth-order valence-corrected chi connectivity index (χ4v) is 3.77.